The predicted molar refractivity (Wildman–Crippen MR) is 94.6 cm³/mol. The number of carbonyl (C=O) groups excluding carboxylic acids is 2. The fourth-order valence-corrected chi connectivity index (χ4v) is 2.19. The minimum Gasteiger partial charge on any atom is -0.466 e. The van der Waals surface area contributed by atoms with Gasteiger partial charge in [-0.2, -0.15) is 0 Å². The van der Waals surface area contributed by atoms with E-state index in [0.717, 1.165) is 5.56 Å². The van der Waals surface area contributed by atoms with E-state index in [-0.39, 0.29) is 30.6 Å². The molecule has 4 nitrogen and oxygen atoms in total. The maximum absolute atomic E-state index is 12.4. The van der Waals surface area contributed by atoms with Crippen molar-refractivity contribution < 1.29 is 19.1 Å². The smallest absolute Gasteiger partial charge is 0.313 e. The lowest BCUT2D eigenvalue weighted by Gasteiger charge is -2.19. The zero-order chi connectivity index (χ0) is 17.8. The number of allylic oxidation sites excluding steroid dienone is 2. The van der Waals surface area contributed by atoms with E-state index in [0.29, 0.717) is 25.7 Å². The van der Waals surface area contributed by atoms with Gasteiger partial charge >= 0.3 is 11.9 Å². The fraction of sp³-hybridized carbons (Fsp3) is 0.400. The first-order valence-corrected chi connectivity index (χ1v) is 8.21. The van der Waals surface area contributed by atoms with E-state index in [1.807, 2.05) is 30.3 Å². The summed E-state index contributed by atoms with van der Waals surface area (Å²) in [6, 6.07) is 9.50. The van der Waals surface area contributed by atoms with Crippen molar-refractivity contribution in [1.29, 1.82) is 0 Å². The fourth-order valence-electron chi connectivity index (χ4n) is 2.19. The Morgan fingerprint density at radius 2 is 1.88 bits per heavy atom. The third-order valence-electron chi connectivity index (χ3n) is 3.55. The van der Waals surface area contributed by atoms with Gasteiger partial charge in [-0.3, -0.25) is 9.59 Å². The second-order valence-electron chi connectivity index (χ2n) is 5.57. The molecule has 130 valence electrons. The van der Waals surface area contributed by atoms with Gasteiger partial charge < -0.3 is 9.47 Å². The lowest BCUT2D eigenvalue weighted by Crippen LogP contribution is -2.22. The molecule has 0 spiro atoms. The summed E-state index contributed by atoms with van der Waals surface area (Å²) in [6.45, 7) is 9.30. The van der Waals surface area contributed by atoms with Crippen LogP contribution in [0, 0.1) is 0 Å². The molecule has 4 heteroatoms. The lowest BCUT2D eigenvalue weighted by molar-refractivity contribution is -0.152. The molecule has 0 aromatic heterocycles. The van der Waals surface area contributed by atoms with Crippen LogP contribution in [0.1, 0.15) is 44.1 Å². The highest BCUT2D eigenvalue weighted by Gasteiger charge is 2.22. The number of hydrogen-bond donors (Lipinski definition) is 0. The van der Waals surface area contributed by atoms with Crippen molar-refractivity contribution >= 4 is 11.9 Å². The van der Waals surface area contributed by atoms with Crippen LogP contribution in [0.2, 0.25) is 0 Å². The van der Waals surface area contributed by atoms with Crippen LogP contribution in [0.4, 0.5) is 0 Å². The summed E-state index contributed by atoms with van der Waals surface area (Å²) < 4.78 is 10.6. The molecule has 24 heavy (non-hydrogen) atoms. The SMILES string of the molecule is C=CCCC(=O)OCCC(C)OC(=O)C(CC=C)c1ccccc1. The first-order chi connectivity index (χ1) is 11.6. The molecule has 1 rings (SSSR count). The molecule has 0 aliphatic carbocycles. The molecule has 0 aliphatic heterocycles. The predicted octanol–water partition coefficient (Wildman–Crippen LogP) is 4.18. The molecule has 1 aromatic rings. The van der Waals surface area contributed by atoms with Gasteiger partial charge in [0.2, 0.25) is 0 Å². The Morgan fingerprint density at radius 3 is 2.50 bits per heavy atom. The van der Waals surface area contributed by atoms with Gasteiger partial charge in [0.05, 0.1) is 12.5 Å². The third kappa shape index (κ3) is 7.27. The summed E-state index contributed by atoms with van der Waals surface area (Å²) in [6.07, 6.45) is 4.99. The second-order valence-corrected chi connectivity index (χ2v) is 5.57. The highest BCUT2D eigenvalue weighted by Crippen LogP contribution is 2.22. The molecule has 0 amide bonds. The van der Waals surface area contributed by atoms with Crippen LogP contribution in [-0.2, 0) is 19.1 Å². The Labute approximate surface area is 144 Å². The van der Waals surface area contributed by atoms with E-state index in [9.17, 15) is 9.59 Å². The third-order valence-corrected chi connectivity index (χ3v) is 3.55. The molecule has 0 radical (unpaired) electrons. The maximum Gasteiger partial charge on any atom is 0.313 e. The van der Waals surface area contributed by atoms with Crippen LogP contribution in [0.5, 0.6) is 0 Å². The van der Waals surface area contributed by atoms with Crippen LogP contribution >= 0.6 is 0 Å². The monoisotopic (exact) mass is 330 g/mol. The largest absolute Gasteiger partial charge is 0.466 e. The van der Waals surface area contributed by atoms with Gasteiger partial charge in [0.1, 0.15) is 6.10 Å². The first-order valence-electron chi connectivity index (χ1n) is 8.21. The summed E-state index contributed by atoms with van der Waals surface area (Å²) in [5.41, 5.74) is 0.908. The van der Waals surface area contributed by atoms with Gasteiger partial charge in [-0.1, -0.05) is 42.5 Å². The van der Waals surface area contributed by atoms with Crippen LogP contribution in [0.3, 0.4) is 0 Å². The summed E-state index contributed by atoms with van der Waals surface area (Å²) in [4.78, 5) is 23.8. The zero-order valence-corrected chi connectivity index (χ0v) is 14.3. The molecular weight excluding hydrogens is 304 g/mol. The maximum atomic E-state index is 12.4. The number of esters is 2. The molecule has 0 fully saturated rings. The molecule has 0 saturated heterocycles. The van der Waals surface area contributed by atoms with E-state index in [1.54, 1.807) is 19.1 Å². The number of benzene rings is 1. The van der Waals surface area contributed by atoms with Gasteiger partial charge in [-0.15, -0.1) is 13.2 Å². The zero-order valence-electron chi connectivity index (χ0n) is 14.3. The van der Waals surface area contributed by atoms with Gasteiger partial charge in [0.25, 0.3) is 0 Å². The number of hydrogen-bond acceptors (Lipinski definition) is 4. The first kappa shape index (κ1) is 19.7. The van der Waals surface area contributed by atoms with E-state index in [4.69, 9.17) is 9.47 Å². The molecule has 2 unspecified atom stereocenters. The van der Waals surface area contributed by atoms with Crippen molar-refractivity contribution in [2.75, 3.05) is 6.61 Å². The van der Waals surface area contributed by atoms with E-state index < -0.39 is 0 Å². The van der Waals surface area contributed by atoms with Crippen molar-refractivity contribution in [3.63, 3.8) is 0 Å². The molecule has 1 aromatic carbocycles. The Bertz CT molecular complexity index is 536. The molecule has 0 heterocycles. The average Bonchev–Trinajstić information content (AvgIpc) is 2.58. The van der Waals surface area contributed by atoms with Crippen molar-refractivity contribution in [3.8, 4) is 0 Å². The average molecular weight is 330 g/mol. The van der Waals surface area contributed by atoms with Crippen LogP contribution in [-0.4, -0.2) is 24.6 Å². The van der Waals surface area contributed by atoms with Crippen molar-refractivity contribution in [2.24, 2.45) is 0 Å². The molecule has 0 N–H and O–H groups in total. The number of rotatable bonds is 11. The van der Waals surface area contributed by atoms with Crippen molar-refractivity contribution in [1.82, 2.24) is 0 Å². The van der Waals surface area contributed by atoms with Gasteiger partial charge in [-0.25, -0.2) is 0 Å². The minimum atomic E-state index is -0.360. The van der Waals surface area contributed by atoms with Crippen molar-refractivity contribution in [2.45, 2.75) is 44.6 Å². The Kier molecular flexibility index (Phi) is 9.20. The van der Waals surface area contributed by atoms with Gasteiger partial charge in [-0.05, 0) is 25.3 Å². The molecule has 2 atom stereocenters. The molecule has 0 saturated carbocycles. The molecule has 0 aliphatic rings. The standard InChI is InChI=1S/C20H26O4/c1-4-6-13-19(21)23-15-14-16(3)24-20(22)18(10-5-2)17-11-8-7-9-12-17/h4-5,7-9,11-12,16,18H,1-2,6,10,13-15H2,3H3. The highest BCUT2D eigenvalue weighted by molar-refractivity contribution is 5.78. The Morgan fingerprint density at radius 1 is 1.17 bits per heavy atom. The quantitative estimate of drug-likeness (QED) is 0.451. The molecule has 0 bridgehead atoms. The molecular formula is C20H26O4. The Hall–Kier alpha value is -2.36. The van der Waals surface area contributed by atoms with Crippen LogP contribution < -0.4 is 0 Å². The number of carbonyl (C=O) groups is 2. The summed E-state index contributed by atoms with van der Waals surface area (Å²) in [7, 11) is 0. The van der Waals surface area contributed by atoms with E-state index in [2.05, 4.69) is 13.2 Å². The number of ether oxygens (including phenoxy) is 2. The minimum absolute atomic E-state index is 0.238. The highest BCUT2D eigenvalue weighted by atomic mass is 16.6. The van der Waals surface area contributed by atoms with E-state index >= 15 is 0 Å². The van der Waals surface area contributed by atoms with Crippen molar-refractivity contribution in [3.05, 3.63) is 61.2 Å². The van der Waals surface area contributed by atoms with Gasteiger partial charge in [0, 0.05) is 12.8 Å². The van der Waals surface area contributed by atoms with Crippen LogP contribution in [0.25, 0.3) is 0 Å². The van der Waals surface area contributed by atoms with E-state index in [1.165, 1.54) is 0 Å². The van der Waals surface area contributed by atoms with Crippen LogP contribution in [0.15, 0.2) is 55.6 Å². The Balaban J connectivity index is 2.44. The lowest BCUT2D eigenvalue weighted by atomic mass is 9.96. The summed E-state index contributed by atoms with van der Waals surface area (Å²) in [5, 5.41) is 0. The normalized spacial score (nSPS) is 12.7. The summed E-state index contributed by atoms with van der Waals surface area (Å²) >= 11 is 0. The van der Waals surface area contributed by atoms with Gasteiger partial charge in [0.15, 0.2) is 0 Å². The topological polar surface area (TPSA) is 52.6 Å². The second kappa shape index (κ2) is 11.2. The summed E-state index contributed by atoms with van der Waals surface area (Å²) in [5.74, 6) is -0.907.